The van der Waals surface area contributed by atoms with Crippen LogP contribution in [-0.4, -0.2) is 166 Å². The zero-order chi connectivity index (χ0) is 49.9. The van der Waals surface area contributed by atoms with Gasteiger partial charge in [-0.3, -0.25) is 9.11 Å². The van der Waals surface area contributed by atoms with Gasteiger partial charge in [0.15, 0.2) is 0 Å². The molecule has 0 fully saturated rings. The van der Waals surface area contributed by atoms with Crippen LogP contribution in [0.3, 0.4) is 0 Å². The SMILES string of the molecule is C[N+](C)(CCCN(CCCS(=O)(=O)O)S(=O)(=O)C(F)(F)C(F)(F)C(F)(F)C(F)(F)C(F)(F)C(F)(F)C(F)(F)C(F)(F)C(F)(F)C(F)(F)C(F)(F)C(F)(F)F)CCCS(=O)(=O)O. The molecule has 0 saturated heterocycles. The number of alkyl halides is 25. The Balaban J connectivity index is 7.42. The fourth-order valence-electron chi connectivity index (χ4n) is 4.50. The second kappa shape index (κ2) is 16.7. The monoisotopic (exact) mass is 1030 g/mol. The number of sulfonamides is 1. The molecule has 61 heavy (non-hydrogen) atoms. The minimum absolute atomic E-state index is 0.380. The van der Waals surface area contributed by atoms with Crippen molar-refractivity contribution in [2.24, 2.45) is 0 Å². The number of rotatable bonds is 24. The molecular weight excluding hydrogens is 1000 g/mol. The number of quaternary nitrogens is 1. The van der Waals surface area contributed by atoms with Crippen molar-refractivity contribution in [1.29, 1.82) is 0 Å². The molecule has 0 rings (SSSR count). The molecule has 0 heterocycles. The number of hydrogen-bond acceptors (Lipinski definition) is 6. The fourth-order valence-corrected chi connectivity index (χ4v) is 7.00. The largest absolute Gasteiger partial charge is 0.460 e. The van der Waals surface area contributed by atoms with Crippen LogP contribution in [0.4, 0.5) is 110 Å². The molecule has 0 aliphatic heterocycles. The third-order valence-electron chi connectivity index (χ3n) is 8.08. The second-order valence-corrected chi connectivity index (χ2v) is 18.3. The molecule has 0 aromatic rings. The summed E-state index contributed by atoms with van der Waals surface area (Å²) in [7, 11) is -15.8. The molecule has 10 nitrogen and oxygen atoms in total. The van der Waals surface area contributed by atoms with Gasteiger partial charge < -0.3 is 4.48 Å². The lowest BCUT2D eigenvalue weighted by Gasteiger charge is -2.45. The zero-order valence-electron chi connectivity index (χ0n) is 29.3. The zero-order valence-corrected chi connectivity index (χ0v) is 31.7. The van der Waals surface area contributed by atoms with Gasteiger partial charge in [-0.05, 0) is 6.42 Å². The lowest BCUT2D eigenvalue weighted by atomic mass is 9.85. The molecule has 0 atom stereocenters. The van der Waals surface area contributed by atoms with Crippen molar-refractivity contribution < 1.29 is 149 Å². The van der Waals surface area contributed by atoms with Crippen molar-refractivity contribution in [2.45, 2.75) is 89.9 Å². The summed E-state index contributed by atoms with van der Waals surface area (Å²) >= 11 is 0. The van der Waals surface area contributed by atoms with E-state index in [0.29, 0.717) is 0 Å². The molecular formula is C23H26F25N2O8S3+. The molecule has 0 aromatic heterocycles. The summed E-state index contributed by atoms with van der Waals surface area (Å²) in [5, 5.41) is -8.24. The van der Waals surface area contributed by atoms with Gasteiger partial charge in [0.05, 0.1) is 38.7 Å². The quantitative estimate of drug-likeness (QED) is 0.0590. The van der Waals surface area contributed by atoms with E-state index in [1.165, 1.54) is 0 Å². The van der Waals surface area contributed by atoms with E-state index in [9.17, 15) is 135 Å². The van der Waals surface area contributed by atoms with Gasteiger partial charge in [-0.1, -0.05) is 0 Å². The first kappa shape index (κ1) is 58.9. The van der Waals surface area contributed by atoms with Crippen LogP contribution in [0.2, 0.25) is 0 Å². The number of nitrogens with zero attached hydrogens (tertiary/aromatic N) is 2. The van der Waals surface area contributed by atoms with Crippen LogP contribution < -0.4 is 0 Å². The van der Waals surface area contributed by atoms with Gasteiger partial charge in [-0.15, -0.1) is 0 Å². The first-order valence-electron chi connectivity index (χ1n) is 15.0. The summed E-state index contributed by atoms with van der Waals surface area (Å²) in [6.45, 7) is -4.93. The highest BCUT2D eigenvalue weighted by Crippen LogP contribution is 2.68. The van der Waals surface area contributed by atoms with Crippen LogP contribution >= 0.6 is 0 Å². The first-order chi connectivity index (χ1) is 26.0. The first-order valence-corrected chi connectivity index (χ1v) is 19.6. The predicted octanol–water partition coefficient (Wildman–Crippen LogP) is 7.15. The standard InChI is InChI=1S/C23H25F25N2O8S3/c1-50(2,9-5-11-60(54,55)56)8-3-6-49(7-4-10-59(51,52)53)61(57,58)23(47,48)21(42,43)19(38,39)17(34,35)15(30,31)13(26,27)12(24,25)14(28,29)16(32,33)18(36,37)20(40,41)22(44,45)46/h3-11H2,1-2H3,(H-,51,52,53,54,55,56)/p+1. The van der Waals surface area contributed by atoms with Gasteiger partial charge in [-0.25, -0.2) is 8.42 Å². The maximum atomic E-state index is 15.0. The van der Waals surface area contributed by atoms with Crippen molar-refractivity contribution >= 4 is 30.3 Å². The van der Waals surface area contributed by atoms with Crippen LogP contribution in [0.25, 0.3) is 0 Å². The van der Waals surface area contributed by atoms with Crippen LogP contribution in [0.5, 0.6) is 0 Å². The van der Waals surface area contributed by atoms with Gasteiger partial charge in [-0.2, -0.15) is 131 Å². The van der Waals surface area contributed by atoms with Gasteiger partial charge in [0.25, 0.3) is 30.3 Å². The second-order valence-electron chi connectivity index (χ2n) is 13.2. The number of hydrogen-bond donors (Lipinski definition) is 2. The lowest BCUT2D eigenvalue weighted by Crippen LogP contribution is -2.78. The van der Waals surface area contributed by atoms with Gasteiger partial charge in [0.1, 0.15) is 0 Å². The molecule has 368 valence electrons. The maximum absolute atomic E-state index is 15.0. The van der Waals surface area contributed by atoms with Crippen LogP contribution in [0.1, 0.15) is 19.3 Å². The van der Waals surface area contributed by atoms with Gasteiger partial charge in [0, 0.05) is 25.9 Å². The number of halogens is 25. The summed E-state index contributed by atoms with van der Waals surface area (Å²) in [4.78, 5) is 0. The highest BCUT2D eigenvalue weighted by molar-refractivity contribution is 7.90. The molecule has 38 heteroatoms. The molecule has 0 unspecified atom stereocenters. The van der Waals surface area contributed by atoms with Crippen LogP contribution in [0.15, 0.2) is 0 Å². The van der Waals surface area contributed by atoms with Crippen molar-refractivity contribution in [3.05, 3.63) is 0 Å². The Kier molecular flexibility index (Phi) is 16.2. The Morgan fingerprint density at radius 2 is 0.639 bits per heavy atom. The Morgan fingerprint density at radius 3 is 0.934 bits per heavy atom. The van der Waals surface area contributed by atoms with Crippen LogP contribution in [0, 0.1) is 0 Å². The summed E-state index contributed by atoms with van der Waals surface area (Å²) in [5.41, 5.74) is 0. The van der Waals surface area contributed by atoms with Crippen molar-refractivity contribution in [1.82, 2.24) is 4.31 Å². The average Bonchev–Trinajstić information content (AvgIpc) is 3.00. The summed E-state index contributed by atoms with van der Waals surface area (Å²) < 4.78 is 431. The van der Waals surface area contributed by atoms with E-state index in [1.807, 2.05) is 0 Å². The van der Waals surface area contributed by atoms with E-state index >= 15 is 0 Å². The lowest BCUT2D eigenvalue weighted by molar-refractivity contribution is -0.890. The molecule has 0 saturated carbocycles. The molecule has 0 aliphatic carbocycles. The highest BCUT2D eigenvalue weighted by Gasteiger charge is 3.00. The van der Waals surface area contributed by atoms with Crippen molar-refractivity contribution in [3.8, 4) is 0 Å². The maximum Gasteiger partial charge on any atom is 0.460 e. The van der Waals surface area contributed by atoms with Crippen molar-refractivity contribution in [2.75, 3.05) is 51.8 Å². The molecule has 0 radical (unpaired) electrons. The normalized spacial score (nSPS) is 16.4. The minimum Gasteiger partial charge on any atom is -0.328 e. The summed E-state index contributed by atoms with van der Waals surface area (Å²) in [6, 6.07) is 0. The summed E-state index contributed by atoms with van der Waals surface area (Å²) in [6.07, 6.45) is -11.4. The van der Waals surface area contributed by atoms with Gasteiger partial charge in [0.2, 0.25) is 0 Å². The predicted molar refractivity (Wildman–Crippen MR) is 149 cm³/mol. The van der Waals surface area contributed by atoms with E-state index < -0.39 is 160 Å². The van der Waals surface area contributed by atoms with E-state index in [4.69, 9.17) is 9.11 Å². The third kappa shape index (κ3) is 10.1. The van der Waals surface area contributed by atoms with E-state index in [1.54, 1.807) is 0 Å². The van der Waals surface area contributed by atoms with E-state index in [-0.39, 0.29) is 6.54 Å². The van der Waals surface area contributed by atoms with E-state index in [2.05, 4.69) is 0 Å². The Morgan fingerprint density at radius 1 is 0.393 bits per heavy atom. The minimum atomic E-state index is -9.87. The molecule has 2 N–H and O–H groups in total. The third-order valence-corrected chi connectivity index (χ3v) is 11.6. The molecule has 0 spiro atoms. The fraction of sp³-hybridized carbons (Fsp3) is 1.00. The summed E-state index contributed by atoms with van der Waals surface area (Å²) in [5.74, 6) is -97.8. The Hall–Kier alpha value is -2.06. The highest BCUT2D eigenvalue weighted by atomic mass is 32.2. The topological polar surface area (TPSA) is 146 Å². The molecule has 0 aliphatic rings. The molecule has 0 aromatic carbocycles. The van der Waals surface area contributed by atoms with Crippen LogP contribution in [-0.2, 0) is 30.3 Å². The van der Waals surface area contributed by atoms with Crippen molar-refractivity contribution in [3.63, 3.8) is 0 Å². The smallest absolute Gasteiger partial charge is 0.328 e. The van der Waals surface area contributed by atoms with Gasteiger partial charge >= 0.3 is 70.7 Å². The Bertz CT molecular complexity index is 1890. The molecule has 0 bridgehead atoms. The Labute approximate surface area is 325 Å². The molecule has 0 amide bonds. The van der Waals surface area contributed by atoms with E-state index in [0.717, 1.165) is 14.1 Å². The average molecular weight is 1030 g/mol.